The smallest absolute Gasteiger partial charge is 0.275 e. The molecule has 2 aromatic heterocycles. The molecule has 0 aliphatic rings. The SMILES string of the molecule is CCn1nccc1C(=O)Nc1nc2c(C)cccc2s1. The van der Waals surface area contributed by atoms with Crippen molar-refractivity contribution in [1.82, 2.24) is 14.8 Å². The first-order valence-electron chi connectivity index (χ1n) is 6.38. The quantitative estimate of drug-likeness (QED) is 0.805. The van der Waals surface area contributed by atoms with Gasteiger partial charge in [0.25, 0.3) is 5.91 Å². The molecular formula is C14H14N4OS. The van der Waals surface area contributed by atoms with Crippen molar-refractivity contribution in [2.45, 2.75) is 20.4 Å². The first-order valence-corrected chi connectivity index (χ1v) is 7.20. The molecule has 0 unspecified atom stereocenters. The average Bonchev–Trinajstić information content (AvgIpc) is 3.04. The van der Waals surface area contributed by atoms with Crippen molar-refractivity contribution in [2.75, 3.05) is 5.32 Å². The molecule has 102 valence electrons. The van der Waals surface area contributed by atoms with Crippen LogP contribution >= 0.6 is 11.3 Å². The number of nitrogens with zero attached hydrogens (tertiary/aromatic N) is 3. The minimum absolute atomic E-state index is 0.180. The molecule has 0 bridgehead atoms. The molecule has 6 heteroatoms. The summed E-state index contributed by atoms with van der Waals surface area (Å²) in [5.74, 6) is -0.180. The van der Waals surface area contributed by atoms with Gasteiger partial charge in [0, 0.05) is 12.7 Å². The fourth-order valence-corrected chi connectivity index (χ4v) is 3.02. The molecule has 3 aromatic rings. The molecule has 0 aliphatic carbocycles. The summed E-state index contributed by atoms with van der Waals surface area (Å²) < 4.78 is 2.73. The topological polar surface area (TPSA) is 59.8 Å². The first-order chi connectivity index (χ1) is 9.69. The number of carbonyl (C=O) groups excluding carboxylic acids is 1. The first kappa shape index (κ1) is 12.8. The zero-order chi connectivity index (χ0) is 14.1. The molecule has 2 heterocycles. The molecule has 0 radical (unpaired) electrons. The lowest BCUT2D eigenvalue weighted by atomic mass is 10.2. The molecule has 1 aromatic carbocycles. The van der Waals surface area contributed by atoms with Crippen molar-refractivity contribution < 1.29 is 4.79 Å². The molecule has 0 atom stereocenters. The van der Waals surface area contributed by atoms with Gasteiger partial charge in [0.15, 0.2) is 5.13 Å². The fourth-order valence-electron chi connectivity index (χ4n) is 2.08. The second-order valence-electron chi connectivity index (χ2n) is 4.43. The van der Waals surface area contributed by atoms with E-state index in [0.717, 1.165) is 15.8 Å². The number of nitrogens with one attached hydrogen (secondary N) is 1. The number of aromatic nitrogens is 3. The highest BCUT2D eigenvalue weighted by Gasteiger charge is 2.14. The van der Waals surface area contributed by atoms with E-state index < -0.39 is 0 Å². The predicted molar refractivity (Wildman–Crippen MR) is 80.2 cm³/mol. The van der Waals surface area contributed by atoms with Crippen LogP contribution in [-0.2, 0) is 6.54 Å². The van der Waals surface area contributed by atoms with Gasteiger partial charge in [0.05, 0.1) is 10.2 Å². The Bertz CT molecular complexity index is 774. The minimum atomic E-state index is -0.180. The van der Waals surface area contributed by atoms with Gasteiger partial charge in [-0.05, 0) is 31.5 Å². The Balaban J connectivity index is 1.90. The summed E-state index contributed by atoms with van der Waals surface area (Å²) in [5, 5.41) is 7.55. The third kappa shape index (κ3) is 2.18. The minimum Gasteiger partial charge on any atom is -0.296 e. The lowest BCUT2D eigenvalue weighted by molar-refractivity contribution is 0.101. The molecule has 3 rings (SSSR count). The number of hydrogen-bond acceptors (Lipinski definition) is 4. The van der Waals surface area contributed by atoms with E-state index in [1.54, 1.807) is 16.9 Å². The van der Waals surface area contributed by atoms with Crippen LogP contribution in [0.3, 0.4) is 0 Å². The maximum Gasteiger partial charge on any atom is 0.275 e. The monoisotopic (exact) mass is 286 g/mol. The lowest BCUT2D eigenvalue weighted by Crippen LogP contribution is -2.17. The summed E-state index contributed by atoms with van der Waals surface area (Å²) in [6, 6.07) is 7.72. The van der Waals surface area contributed by atoms with Gasteiger partial charge in [-0.1, -0.05) is 23.5 Å². The number of benzene rings is 1. The molecule has 0 saturated carbocycles. The van der Waals surface area contributed by atoms with Crippen molar-refractivity contribution in [2.24, 2.45) is 0 Å². The highest BCUT2D eigenvalue weighted by molar-refractivity contribution is 7.22. The molecule has 0 fully saturated rings. The molecule has 0 spiro atoms. The maximum absolute atomic E-state index is 12.2. The van der Waals surface area contributed by atoms with Crippen molar-refractivity contribution >= 4 is 32.6 Å². The van der Waals surface area contributed by atoms with Crippen molar-refractivity contribution in [3.8, 4) is 0 Å². The molecule has 5 nitrogen and oxygen atoms in total. The maximum atomic E-state index is 12.2. The Kier molecular flexibility index (Phi) is 3.23. The fraction of sp³-hybridized carbons (Fsp3) is 0.214. The Hall–Kier alpha value is -2.21. The second-order valence-corrected chi connectivity index (χ2v) is 5.46. The van der Waals surface area contributed by atoms with Gasteiger partial charge >= 0.3 is 0 Å². The molecular weight excluding hydrogens is 272 g/mol. The Morgan fingerprint density at radius 2 is 2.25 bits per heavy atom. The van der Waals surface area contributed by atoms with Crippen LogP contribution in [0, 0.1) is 6.92 Å². The van der Waals surface area contributed by atoms with Crippen LogP contribution in [0.5, 0.6) is 0 Å². The Labute approximate surface area is 120 Å². The van der Waals surface area contributed by atoms with E-state index in [0.29, 0.717) is 17.4 Å². The third-order valence-corrected chi connectivity index (χ3v) is 4.03. The highest BCUT2D eigenvalue weighted by atomic mass is 32.1. The number of aryl methyl sites for hydroxylation is 2. The van der Waals surface area contributed by atoms with E-state index in [-0.39, 0.29) is 5.91 Å². The van der Waals surface area contributed by atoms with Gasteiger partial charge in [-0.15, -0.1) is 0 Å². The lowest BCUT2D eigenvalue weighted by Gasteiger charge is -2.03. The van der Waals surface area contributed by atoms with Crippen LogP contribution in [0.1, 0.15) is 23.0 Å². The number of anilines is 1. The van der Waals surface area contributed by atoms with E-state index in [4.69, 9.17) is 0 Å². The van der Waals surface area contributed by atoms with Gasteiger partial charge < -0.3 is 0 Å². The van der Waals surface area contributed by atoms with E-state index in [1.165, 1.54) is 11.3 Å². The summed E-state index contributed by atoms with van der Waals surface area (Å²) in [6.45, 7) is 4.62. The van der Waals surface area contributed by atoms with Crippen LogP contribution in [-0.4, -0.2) is 20.7 Å². The standard InChI is InChI=1S/C14H14N4OS/c1-3-18-10(7-8-15-18)13(19)17-14-16-12-9(2)5-4-6-11(12)20-14/h4-8H,3H2,1-2H3,(H,16,17,19). The Morgan fingerprint density at radius 3 is 3.00 bits per heavy atom. The Morgan fingerprint density at radius 1 is 1.40 bits per heavy atom. The van der Waals surface area contributed by atoms with Gasteiger partial charge in [-0.25, -0.2) is 4.98 Å². The van der Waals surface area contributed by atoms with E-state index >= 15 is 0 Å². The van der Waals surface area contributed by atoms with Gasteiger partial charge in [0.1, 0.15) is 5.69 Å². The van der Waals surface area contributed by atoms with E-state index in [2.05, 4.69) is 15.4 Å². The molecule has 0 saturated heterocycles. The van der Waals surface area contributed by atoms with Gasteiger partial charge in [0.2, 0.25) is 0 Å². The number of carbonyl (C=O) groups is 1. The molecule has 1 amide bonds. The average molecular weight is 286 g/mol. The number of fused-ring (bicyclic) bond motifs is 1. The number of para-hydroxylation sites is 1. The summed E-state index contributed by atoms with van der Waals surface area (Å²) in [6.07, 6.45) is 1.63. The zero-order valence-electron chi connectivity index (χ0n) is 11.3. The molecule has 0 aliphatic heterocycles. The molecule has 1 N–H and O–H groups in total. The van der Waals surface area contributed by atoms with E-state index in [9.17, 15) is 4.79 Å². The van der Waals surface area contributed by atoms with Gasteiger partial charge in [-0.2, -0.15) is 5.10 Å². The van der Waals surface area contributed by atoms with E-state index in [1.807, 2.05) is 32.0 Å². The zero-order valence-corrected chi connectivity index (χ0v) is 12.1. The third-order valence-electron chi connectivity index (χ3n) is 3.09. The van der Waals surface area contributed by atoms with Crippen LogP contribution in [0.25, 0.3) is 10.2 Å². The van der Waals surface area contributed by atoms with Crippen molar-refractivity contribution in [1.29, 1.82) is 0 Å². The summed E-state index contributed by atoms with van der Waals surface area (Å²) >= 11 is 1.48. The number of amides is 1. The second kappa shape index (κ2) is 5.05. The van der Waals surface area contributed by atoms with Gasteiger partial charge in [-0.3, -0.25) is 14.8 Å². The predicted octanol–water partition coefficient (Wildman–Crippen LogP) is 3.07. The van der Waals surface area contributed by atoms with Crippen LogP contribution in [0.15, 0.2) is 30.5 Å². The number of hydrogen-bond donors (Lipinski definition) is 1. The van der Waals surface area contributed by atoms with Crippen molar-refractivity contribution in [3.63, 3.8) is 0 Å². The number of rotatable bonds is 3. The van der Waals surface area contributed by atoms with Crippen molar-refractivity contribution in [3.05, 3.63) is 41.7 Å². The molecule has 20 heavy (non-hydrogen) atoms. The van der Waals surface area contributed by atoms with Crippen LogP contribution in [0.2, 0.25) is 0 Å². The van der Waals surface area contributed by atoms with Crippen LogP contribution < -0.4 is 5.32 Å². The summed E-state index contributed by atoms with van der Waals surface area (Å²) in [4.78, 5) is 16.7. The summed E-state index contributed by atoms with van der Waals surface area (Å²) in [7, 11) is 0. The largest absolute Gasteiger partial charge is 0.296 e. The number of thiazole rings is 1. The highest BCUT2D eigenvalue weighted by Crippen LogP contribution is 2.28. The normalized spacial score (nSPS) is 10.9. The summed E-state index contributed by atoms with van der Waals surface area (Å²) in [5.41, 5.74) is 2.60. The van der Waals surface area contributed by atoms with Crippen LogP contribution in [0.4, 0.5) is 5.13 Å².